The topological polar surface area (TPSA) is 91.7 Å². The highest BCUT2D eigenvalue weighted by Gasteiger charge is 2.38. The first-order valence-corrected chi connectivity index (χ1v) is 9.04. The first kappa shape index (κ1) is 17.8. The van der Waals surface area contributed by atoms with Crippen LogP contribution in [0.2, 0.25) is 0 Å². The number of benzene rings is 2. The van der Waals surface area contributed by atoms with Gasteiger partial charge in [-0.15, -0.1) is 0 Å². The molecule has 0 bridgehead atoms. The number of hydrogen-bond donors (Lipinski definition) is 2. The summed E-state index contributed by atoms with van der Waals surface area (Å²) in [6.45, 7) is 0.0797. The Bertz CT molecular complexity index is 1020. The zero-order chi connectivity index (χ0) is 19.5. The lowest BCUT2D eigenvalue weighted by Gasteiger charge is -2.12. The maximum atomic E-state index is 12.5. The Morgan fingerprint density at radius 1 is 1.07 bits per heavy atom. The number of furan rings is 1. The number of fused-ring (bicyclic) bond motifs is 1. The first-order valence-electron chi connectivity index (χ1n) is 9.04. The van der Waals surface area contributed by atoms with Gasteiger partial charge in [0.1, 0.15) is 11.8 Å². The molecular formula is C21H19N3O4. The average molecular weight is 377 g/mol. The number of rotatable bonds is 6. The predicted molar refractivity (Wildman–Crippen MR) is 103 cm³/mol. The average Bonchev–Trinajstić information content (AvgIpc) is 3.30. The highest BCUT2D eigenvalue weighted by atomic mass is 16.3. The zero-order valence-electron chi connectivity index (χ0n) is 15.1. The van der Waals surface area contributed by atoms with Gasteiger partial charge in [0.25, 0.3) is 5.91 Å². The molecule has 0 aliphatic carbocycles. The summed E-state index contributed by atoms with van der Waals surface area (Å²) in [5.41, 5.74) is 0.726. The van der Waals surface area contributed by atoms with Gasteiger partial charge in [-0.25, -0.2) is 4.79 Å². The highest BCUT2D eigenvalue weighted by Crippen LogP contribution is 2.23. The minimum absolute atomic E-state index is 0.0797. The molecule has 0 radical (unpaired) electrons. The minimum Gasteiger partial charge on any atom is -0.467 e. The lowest BCUT2D eigenvalue weighted by Crippen LogP contribution is -2.31. The molecule has 7 heteroatoms. The zero-order valence-corrected chi connectivity index (χ0v) is 15.1. The van der Waals surface area contributed by atoms with E-state index in [0.717, 1.165) is 21.4 Å². The fraction of sp³-hybridized carbons (Fsp3) is 0.190. The van der Waals surface area contributed by atoms with Crippen LogP contribution in [0.3, 0.4) is 0 Å². The lowest BCUT2D eigenvalue weighted by atomic mass is 10.1. The van der Waals surface area contributed by atoms with Gasteiger partial charge in [0.05, 0.1) is 12.8 Å². The molecule has 0 spiro atoms. The molecule has 1 fully saturated rings. The van der Waals surface area contributed by atoms with Crippen molar-refractivity contribution < 1.29 is 18.8 Å². The predicted octanol–water partition coefficient (Wildman–Crippen LogP) is 3.27. The van der Waals surface area contributed by atoms with Crippen molar-refractivity contribution in [2.24, 2.45) is 0 Å². The van der Waals surface area contributed by atoms with Gasteiger partial charge in [-0.05, 0) is 30.0 Å². The maximum Gasteiger partial charge on any atom is 0.325 e. The SMILES string of the molecule is O=C(CC[C@@H]1NC(=O)N(Cc2ccco2)C1=O)Nc1cccc2ccccc12. The second kappa shape index (κ2) is 7.56. The highest BCUT2D eigenvalue weighted by molar-refractivity contribution is 6.05. The molecule has 28 heavy (non-hydrogen) atoms. The Kier molecular flexibility index (Phi) is 4.80. The van der Waals surface area contributed by atoms with Crippen molar-refractivity contribution in [2.45, 2.75) is 25.4 Å². The third-order valence-electron chi connectivity index (χ3n) is 4.72. The van der Waals surface area contributed by atoms with Gasteiger partial charge < -0.3 is 15.1 Å². The van der Waals surface area contributed by atoms with E-state index in [2.05, 4.69) is 10.6 Å². The fourth-order valence-corrected chi connectivity index (χ4v) is 3.30. The summed E-state index contributed by atoms with van der Waals surface area (Å²) in [4.78, 5) is 38.0. The van der Waals surface area contributed by atoms with E-state index in [9.17, 15) is 14.4 Å². The standard InChI is InChI=1S/C21H19N3O4/c25-19(22-17-9-3-6-14-5-1-2-8-16(14)17)11-10-18-20(26)24(21(27)23-18)13-15-7-4-12-28-15/h1-9,12,18H,10-11,13H2,(H,22,25)(H,23,27)/t18-/m0/s1. The molecule has 1 aliphatic heterocycles. The lowest BCUT2D eigenvalue weighted by molar-refractivity contribution is -0.128. The molecule has 142 valence electrons. The Morgan fingerprint density at radius 2 is 1.89 bits per heavy atom. The molecule has 7 nitrogen and oxygen atoms in total. The molecule has 0 saturated carbocycles. The molecule has 1 saturated heterocycles. The summed E-state index contributed by atoms with van der Waals surface area (Å²) >= 11 is 0. The van der Waals surface area contributed by atoms with Crippen LogP contribution in [0, 0.1) is 0 Å². The maximum absolute atomic E-state index is 12.5. The third-order valence-corrected chi connectivity index (χ3v) is 4.72. The van der Waals surface area contributed by atoms with Crippen LogP contribution in [0.25, 0.3) is 10.8 Å². The van der Waals surface area contributed by atoms with E-state index < -0.39 is 12.1 Å². The largest absolute Gasteiger partial charge is 0.467 e. The number of anilines is 1. The number of amides is 4. The normalized spacial score (nSPS) is 16.4. The van der Waals surface area contributed by atoms with Gasteiger partial charge in [0.15, 0.2) is 0 Å². The molecule has 1 aromatic heterocycles. The summed E-state index contributed by atoms with van der Waals surface area (Å²) in [5.74, 6) is -0.0277. The Balaban J connectivity index is 1.36. The van der Waals surface area contributed by atoms with Crippen LogP contribution in [0.1, 0.15) is 18.6 Å². The number of imide groups is 1. The Labute approximate surface area is 161 Å². The molecule has 4 amide bonds. The second-order valence-electron chi connectivity index (χ2n) is 6.62. The molecule has 1 aliphatic rings. The van der Waals surface area contributed by atoms with Gasteiger partial charge in [-0.1, -0.05) is 36.4 Å². The van der Waals surface area contributed by atoms with Gasteiger partial charge in [0, 0.05) is 17.5 Å². The van der Waals surface area contributed by atoms with Crippen molar-refractivity contribution in [1.29, 1.82) is 0 Å². The van der Waals surface area contributed by atoms with Crippen LogP contribution in [0.5, 0.6) is 0 Å². The van der Waals surface area contributed by atoms with Crippen LogP contribution < -0.4 is 10.6 Å². The van der Waals surface area contributed by atoms with Gasteiger partial charge >= 0.3 is 6.03 Å². The summed E-state index contributed by atoms with van der Waals surface area (Å²) in [6, 6.07) is 15.7. The van der Waals surface area contributed by atoms with Crippen molar-refractivity contribution in [2.75, 3.05) is 5.32 Å². The van der Waals surface area contributed by atoms with Crippen LogP contribution in [-0.2, 0) is 16.1 Å². The third kappa shape index (κ3) is 3.59. The van der Waals surface area contributed by atoms with Crippen LogP contribution in [0.4, 0.5) is 10.5 Å². The summed E-state index contributed by atoms with van der Waals surface area (Å²) in [7, 11) is 0. The quantitative estimate of drug-likeness (QED) is 0.645. The van der Waals surface area contributed by atoms with Crippen LogP contribution >= 0.6 is 0 Å². The Hall–Kier alpha value is -3.61. The van der Waals surface area contributed by atoms with E-state index >= 15 is 0 Å². The molecule has 4 rings (SSSR count). The Morgan fingerprint density at radius 3 is 2.71 bits per heavy atom. The number of urea groups is 1. The summed E-state index contributed by atoms with van der Waals surface area (Å²) in [6.07, 6.45) is 1.84. The van der Waals surface area contributed by atoms with Crippen LogP contribution in [0.15, 0.2) is 65.3 Å². The number of nitrogens with zero attached hydrogens (tertiary/aromatic N) is 1. The number of carbonyl (C=O) groups is 3. The van der Waals surface area contributed by atoms with Crippen molar-refractivity contribution in [1.82, 2.24) is 10.2 Å². The molecular weight excluding hydrogens is 358 g/mol. The second-order valence-corrected chi connectivity index (χ2v) is 6.62. The molecule has 0 unspecified atom stereocenters. The van der Waals surface area contributed by atoms with Gasteiger partial charge in [0.2, 0.25) is 5.91 Å². The number of nitrogens with one attached hydrogen (secondary N) is 2. The van der Waals surface area contributed by atoms with Gasteiger partial charge in [-0.2, -0.15) is 0 Å². The molecule has 3 aromatic rings. The van der Waals surface area contributed by atoms with E-state index in [-0.39, 0.29) is 31.2 Å². The fourth-order valence-electron chi connectivity index (χ4n) is 3.30. The van der Waals surface area contributed by atoms with E-state index in [4.69, 9.17) is 4.42 Å². The van der Waals surface area contributed by atoms with Crippen molar-refractivity contribution in [3.8, 4) is 0 Å². The minimum atomic E-state index is -0.708. The van der Waals surface area contributed by atoms with Crippen molar-refractivity contribution in [3.05, 3.63) is 66.6 Å². The van der Waals surface area contributed by atoms with E-state index in [1.165, 1.54) is 6.26 Å². The molecule has 2 heterocycles. The molecule has 2 aromatic carbocycles. The first-order chi connectivity index (χ1) is 13.6. The molecule has 2 N–H and O–H groups in total. The number of hydrogen-bond acceptors (Lipinski definition) is 4. The van der Waals surface area contributed by atoms with Crippen molar-refractivity contribution in [3.63, 3.8) is 0 Å². The summed E-state index contributed by atoms with van der Waals surface area (Å²) < 4.78 is 5.19. The monoisotopic (exact) mass is 377 g/mol. The van der Waals surface area contributed by atoms with Gasteiger partial charge in [-0.3, -0.25) is 14.5 Å². The van der Waals surface area contributed by atoms with E-state index in [1.807, 2.05) is 42.5 Å². The summed E-state index contributed by atoms with van der Waals surface area (Å²) in [5, 5.41) is 7.51. The van der Waals surface area contributed by atoms with E-state index in [0.29, 0.717) is 5.76 Å². The van der Waals surface area contributed by atoms with Crippen molar-refractivity contribution >= 4 is 34.3 Å². The molecule has 1 atom stereocenters. The van der Waals surface area contributed by atoms with Crippen LogP contribution in [-0.4, -0.2) is 28.8 Å². The van der Waals surface area contributed by atoms with E-state index in [1.54, 1.807) is 12.1 Å². The smallest absolute Gasteiger partial charge is 0.325 e. The number of carbonyl (C=O) groups excluding carboxylic acids is 3.